The first-order chi connectivity index (χ1) is 8.91. The molecule has 0 unspecified atom stereocenters. The Kier molecular flexibility index (Phi) is 5.91. The number of carbonyl (C=O) groups is 1. The van der Waals surface area contributed by atoms with Crippen molar-refractivity contribution in [3.8, 4) is 0 Å². The largest absolute Gasteiger partial charge is 0.353 e. The highest BCUT2D eigenvalue weighted by atomic mass is 79.9. The molecule has 104 valence electrons. The maximum Gasteiger partial charge on any atom is 0.283 e. The zero-order valence-corrected chi connectivity index (χ0v) is 12.4. The van der Waals surface area contributed by atoms with Crippen LogP contribution >= 0.6 is 15.9 Å². The molecule has 0 bridgehead atoms. The van der Waals surface area contributed by atoms with Crippen LogP contribution in [0.1, 0.15) is 19.4 Å². The molecule has 0 heterocycles. The lowest BCUT2D eigenvalue weighted by atomic mass is 10.2. The molecule has 0 atom stereocenters. The highest BCUT2D eigenvalue weighted by molar-refractivity contribution is 9.10. The van der Waals surface area contributed by atoms with E-state index in [1.165, 1.54) is 6.07 Å². The van der Waals surface area contributed by atoms with Crippen molar-refractivity contribution in [3.05, 3.63) is 38.3 Å². The number of hydrogen-bond acceptors (Lipinski definition) is 4. The van der Waals surface area contributed by atoms with Crippen LogP contribution in [0.5, 0.6) is 0 Å². The predicted octanol–water partition coefficient (Wildman–Crippen LogP) is 1.97. The number of carbonyl (C=O) groups excluding carboxylic acids is 1. The van der Waals surface area contributed by atoms with Gasteiger partial charge in [-0.25, -0.2) is 0 Å². The number of nitro groups is 1. The zero-order chi connectivity index (χ0) is 14.4. The number of hydrogen-bond donors (Lipinski definition) is 2. The molecule has 0 aliphatic carbocycles. The minimum Gasteiger partial charge on any atom is -0.353 e. The molecule has 1 aromatic rings. The summed E-state index contributed by atoms with van der Waals surface area (Å²) in [5, 5.41) is 16.5. The van der Waals surface area contributed by atoms with Gasteiger partial charge < -0.3 is 10.6 Å². The Morgan fingerprint density at radius 3 is 2.74 bits per heavy atom. The molecule has 1 amide bonds. The summed E-state index contributed by atoms with van der Waals surface area (Å²) in [5.41, 5.74) is 0.762. The van der Waals surface area contributed by atoms with Crippen molar-refractivity contribution in [1.29, 1.82) is 0 Å². The molecular formula is C12H16BrN3O3. The molecule has 0 aliphatic rings. The van der Waals surface area contributed by atoms with Crippen LogP contribution in [0.3, 0.4) is 0 Å². The van der Waals surface area contributed by atoms with Gasteiger partial charge in [0, 0.05) is 18.7 Å². The standard InChI is InChI=1S/C12H16BrN3O3/c1-8(2)15-11(17)7-14-6-9-4-3-5-10(12(9)13)16(18)19/h3-5,8,14H,6-7H2,1-2H3,(H,15,17). The topological polar surface area (TPSA) is 84.3 Å². The van der Waals surface area contributed by atoms with E-state index in [1.807, 2.05) is 13.8 Å². The summed E-state index contributed by atoms with van der Waals surface area (Å²) in [4.78, 5) is 21.7. The lowest BCUT2D eigenvalue weighted by Crippen LogP contribution is -2.37. The summed E-state index contributed by atoms with van der Waals surface area (Å²) in [6.07, 6.45) is 0. The predicted molar refractivity (Wildman–Crippen MR) is 75.8 cm³/mol. The lowest BCUT2D eigenvalue weighted by Gasteiger charge is -2.10. The number of rotatable bonds is 6. The van der Waals surface area contributed by atoms with Gasteiger partial charge in [0.15, 0.2) is 0 Å². The van der Waals surface area contributed by atoms with Gasteiger partial charge in [0.2, 0.25) is 5.91 Å². The van der Waals surface area contributed by atoms with Crippen LogP contribution in [0.25, 0.3) is 0 Å². The SMILES string of the molecule is CC(C)NC(=O)CNCc1cccc([N+](=O)[O-])c1Br. The minimum atomic E-state index is -0.445. The van der Waals surface area contributed by atoms with Crippen LogP contribution in [0, 0.1) is 10.1 Å². The van der Waals surface area contributed by atoms with Crippen molar-refractivity contribution in [2.75, 3.05) is 6.54 Å². The third-order valence-corrected chi connectivity index (χ3v) is 3.22. The first-order valence-electron chi connectivity index (χ1n) is 5.83. The third kappa shape index (κ3) is 4.96. The molecule has 0 spiro atoms. The van der Waals surface area contributed by atoms with Crippen molar-refractivity contribution in [3.63, 3.8) is 0 Å². The van der Waals surface area contributed by atoms with Crippen LogP contribution in [-0.4, -0.2) is 23.4 Å². The second-order valence-corrected chi connectivity index (χ2v) is 5.13. The zero-order valence-electron chi connectivity index (χ0n) is 10.8. The van der Waals surface area contributed by atoms with E-state index in [-0.39, 0.29) is 24.2 Å². The molecule has 0 saturated heterocycles. The van der Waals surface area contributed by atoms with Crippen molar-refractivity contribution < 1.29 is 9.72 Å². The summed E-state index contributed by atoms with van der Waals surface area (Å²) in [6.45, 7) is 4.32. The van der Waals surface area contributed by atoms with E-state index >= 15 is 0 Å². The first-order valence-corrected chi connectivity index (χ1v) is 6.63. The fourth-order valence-electron chi connectivity index (χ4n) is 1.53. The summed E-state index contributed by atoms with van der Waals surface area (Å²) in [7, 11) is 0. The fourth-order valence-corrected chi connectivity index (χ4v) is 2.08. The minimum absolute atomic E-state index is 0.0194. The second-order valence-electron chi connectivity index (χ2n) is 4.33. The van der Waals surface area contributed by atoms with Crippen molar-refractivity contribution in [2.45, 2.75) is 26.4 Å². The van der Waals surface area contributed by atoms with E-state index in [0.717, 1.165) is 5.56 Å². The van der Waals surface area contributed by atoms with E-state index in [0.29, 0.717) is 11.0 Å². The van der Waals surface area contributed by atoms with Gasteiger partial charge in [0.25, 0.3) is 5.69 Å². The molecule has 19 heavy (non-hydrogen) atoms. The number of nitrogens with one attached hydrogen (secondary N) is 2. The van der Waals surface area contributed by atoms with Crippen LogP contribution in [0.2, 0.25) is 0 Å². The van der Waals surface area contributed by atoms with Gasteiger partial charge in [-0.15, -0.1) is 0 Å². The number of amides is 1. The molecule has 0 radical (unpaired) electrons. The molecule has 0 saturated carbocycles. The molecule has 0 fully saturated rings. The Morgan fingerprint density at radius 2 is 2.16 bits per heavy atom. The Labute approximate surface area is 119 Å². The average Bonchev–Trinajstić information content (AvgIpc) is 2.30. The first kappa shape index (κ1) is 15.6. The summed E-state index contributed by atoms with van der Waals surface area (Å²) < 4.78 is 0.441. The van der Waals surface area contributed by atoms with Crippen LogP contribution in [0.4, 0.5) is 5.69 Å². The smallest absolute Gasteiger partial charge is 0.283 e. The molecule has 6 nitrogen and oxygen atoms in total. The van der Waals surface area contributed by atoms with Gasteiger partial charge in [0.1, 0.15) is 0 Å². The van der Waals surface area contributed by atoms with E-state index < -0.39 is 4.92 Å². The summed E-state index contributed by atoms with van der Waals surface area (Å²) in [6, 6.07) is 4.91. The van der Waals surface area contributed by atoms with Gasteiger partial charge >= 0.3 is 0 Å². The van der Waals surface area contributed by atoms with Crippen LogP contribution < -0.4 is 10.6 Å². The lowest BCUT2D eigenvalue weighted by molar-refractivity contribution is -0.385. The van der Waals surface area contributed by atoms with E-state index in [9.17, 15) is 14.9 Å². The Morgan fingerprint density at radius 1 is 1.47 bits per heavy atom. The van der Waals surface area contributed by atoms with Crippen LogP contribution in [-0.2, 0) is 11.3 Å². The maximum atomic E-state index is 11.4. The van der Waals surface area contributed by atoms with Gasteiger partial charge in [0.05, 0.1) is 15.9 Å². The van der Waals surface area contributed by atoms with Crippen molar-refractivity contribution in [2.24, 2.45) is 0 Å². The molecule has 1 aromatic carbocycles. The van der Waals surface area contributed by atoms with Crippen LogP contribution in [0.15, 0.2) is 22.7 Å². The number of benzene rings is 1. The van der Waals surface area contributed by atoms with Gasteiger partial charge in [-0.05, 0) is 35.3 Å². The number of halogens is 1. The van der Waals surface area contributed by atoms with E-state index in [2.05, 4.69) is 26.6 Å². The molecule has 0 aliphatic heterocycles. The second kappa shape index (κ2) is 7.20. The fraction of sp³-hybridized carbons (Fsp3) is 0.417. The highest BCUT2D eigenvalue weighted by Gasteiger charge is 2.14. The normalized spacial score (nSPS) is 10.5. The Balaban J connectivity index is 2.57. The summed E-state index contributed by atoms with van der Waals surface area (Å²) >= 11 is 3.21. The molecule has 7 heteroatoms. The molecule has 2 N–H and O–H groups in total. The average molecular weight is 330 g/mol. The molecule has 1 rings (SSSR count). The van der Waals surface area contributed by atoms with Gasteiger partial charge in [-0.2, -0.15) is 0 Å². The quantitative estimate of drug-likeness (QED) is 0.617. The van der Waals surface area contributed by atoms with Crippen molar-refractivity contribution >= 4 is 27.5 Å². The molecule has 0 aromatic heterocycles. The number of nitrogens with zero attached hydrogens (tertiary/aromatic N) is 1. The Bertz CT molecular complexity index is 477. The van der Waals surface area contributed by atoms with E-state index in [4.69, 9.17) is 0 Å². The summed E-state index contributed by atoms with van der Waals surface area (Å²) in [5.74, 6) is -0.100. The highest BCUT2D eigenvalue weighted by Crippen LogP contribution is 2.27. The maximum absolute atomic E-state index is 11.4. The van der Waals surface area contributed by atoms with Gasteiger partial charge in [-0.1, -0.05) is 12.1 Å². The molecular weight excluding hydrogens is 314 g/mol. The van der Waals surface area contributed by atoms with E-state index in [1.54, 1.807) is 12.1 Å². The monoisotopic (exact) mass is 329 g/mol. The Hall–Kier alpha value is -1.47. The third-order valence-electron chi connectivity index (χ3n) is 2.31. The number of nitro benzene ring substituents is 1. The van der Waals surface area contributed by atoms with Crippen molar-refractivity contribution in [1.82, 2.24) is 10.6 Å². The van der Waals surface area contributed by atoms with Gasteiger partial charge in [-0.3, -0.25) is 14.9 Å².